The first-order valence-corrected chi connectivity index (χ1v) is 10.1. The third-order valence-electron chi connectivity index (χ3n) is 4.57. The first kappa shape index (κ1) is 22.0. The van der Waals surface area contributed by atoms with Crippen molar-refractivity contribution in [3.05, 3.63) is 0 Å². The van der Waals surface area contributed by atoms with E-state index in [9.17, 15) is 0 Å². The fourth-order valence-corrected chi connectivity index (χ4v) is 3.05. The highest BCUT2D eigenvalue weighted by Gasteiger charge is 2.04. The van der Waals surface area contributed by atoms with Crippen molar-refractivity contribution in [1.29, 1.82) is 0 Å². The van der Waals surface area contributed by atoms with Crippen molar-refractivity contribution in [2.75, 3.05) is 0 Å². The molecular formula is C19H41BO2. The van der Waals surface area contributed by atoms with Gasteiger partial charge in [0, 0.05) is 0 Å². The Morgan fingerprint density at radius 1 is 0.455 bits per heavy atom. The van der Waals surface area contributed by atoms with Crippen LogP contribution >= 0.6 is 0 Å². The van der Waals surface area contributed by atoms with Gasteiger partial charge in [-0.1, -0.05) is 116 Å². The second kappa shape index (κ2) is 19.0. The van der Waals surface area contributed by atoms with E-state index in [1.165, 1.54) is 96.3 Å². The van der Waals surface area contributed by atoms with E-state index < -0.39 is 7.12 Å². The Bertz CT molecular complexity index is 198. The second-order valence-electron chi connectivity index (χ2n) is 6.93. The third-order valence-corrected chi connectivity index (χ3v) is 4.57. The predicted molar refractivity (Wildman–Crippen MR) is 99.2 cm³/mol. The molecule has 0 aromatic carbocycles. The lowest BCUT2D eigenvalue weighted by atomic mass is 9.83. The zero-order valence-electron chi connectivity index (χ0n) is 15.2. The minimum Gasteiger partial charge on any atom is -0.427 e. The van der Waals surface area contributed by atoms with Gasteiger partial charge in [-0.15, -0.1) is 0 Å². The number of hydrogen-bond acceptors (Lipinski definition) is 2. The molecule has 0 aromatic heterocycles. The highest BCUT2D eigenvalue weighted by molar-refractivity contribution is 6.40. The van der Waals surface area contributed by atoms with Gasteiger partial charge in [-0.2, -0.15) is 0 Å². The number of hydrogen-bond donors (Lipinski definition) is 2. The first-order valence-electron chi connectivity index (χ1n) is 10.1. The van der Waals surface area contributed by atoms with Crippen LogP contribution in [0.2, 0.25) is 6.32 Å². The Morgan fingerprint density at radius 3 is 1.00 bits per heavy atom. The third kappa shape index (κ3) is 20.0. The predicted octanol–water partition coefficient (Wildman–Crippen LogP) is 6.11. The van der Waals surface area contributed by atoms with Gasteiger partial charge in [0.05, 0.1) is 0 Å². The SMILES string of the molecule is CCCCCCCCCCCCCCCCCCCB(O)O. The van der Waals surface area contributed by atoms with Gasteiger partial charge in [0.2, 0.25) is 0 Å². The van der Waals surface area contributed by atoms with Crippen LogP contribution in [0.15, 0.2) is 0 Å². The molecule has 0 aliphatic rings. The molecule has 0 heterocycles. The van der Waals surface area contributed by atoms with E-state index in [-0.39, 0.29) is 0 Å². The quantitative estimate of drug-likeness (QED) is 0.237. The van der Waals surface area contributed by atoms with Crippen LogP contribution in [0.1, 0.15) is 116 Å². The molecule has 0 rings (SSSR count). The summed E-state index contributed by atoms with van der Waals surface area (Å²) in [6, 6.07) is 0. The highest BCUT2D eigenvalue weighted by Crippen LogP contribution is 2.14. The fraction of sp³-hybridized carbons (Fsp3) is 1.00. The van der Waals surface area contributed by atoms with Gasteiger partial charge < -0.3 is 10.0 Å². The van der Waals surface area contributed by atoms with Gasteiger partial charge in [0.15, 0.2) is 0 Å². The van der Waals surface area contributed by atoms with E-state index in [2.05, 4.69) is 6.92 Å². The van der Waals surface area contributed by atoms with Crippen molar-refractivity contribution in [3.63, 3.8) is 0 Å². The van der Waals surface area contributed by atoms with Crippen LogP contribution in [-0.4, -0.2) is 17.2 Å². The van der Waals surface area contributed by atoms with Gasteiger partial charge in [0.1, 0.15) is 0 Å². The molecule has 0 unspecified atom stereocenters. The normalized spacial score (nSPS) is 11.0. The molecular weight excluding hydrogens is 271 g/mol. The summed E-state index contributed by atoms with van der Waals surface area (Å²) in [4.78, 5) is 0. The van der Waals surface area contributed by atoms with Crippen molar-refractivity contribution in [2.45, 2.75) is 122 Å². The Hall–Kier alpha value is -0.0151. The molecule has 22 heavy (non-hydrogen) atoms. The smallest absolute Gasteiger partial charge is 0.427 e. The summed E-state index contributed by atoms with van der Waals surface area (Å²) >= 11 is 0. The number of unbranched alkanes of at least 4 members (excludes halogenated alkanes) is 16. The Morgan fingerprint density at radius 2 is 0.727 bits per heavy atom. The van der Waals surface area contributed by atoms with Gasteiger partial charge >= 0.3 is 7.12 Å². The van der Waals surface area contributed by atoms with Crippen LogP contribution in [0.3, 0.4) is 0 Å². The van der Waals surface area contributed by atoms with Crippen molar-refractivity contribution >= 4 is 7.12 Å². The lowest BCUT2D eigenvalue weighted by Crippen LogP contribution is -2.09. The van der Waals surface area contributed by atoms with Crippen molar-refractivity contribution in [1.82, 2.24) is 0 Å². The van der Waals surface area contributed by atoms with Gasteiger partial charge in [-0.25, -0.2) is 0 Å². The zero-order chi connectivity index (χ0) is 16.3. The molecule has 0 aliphatic carbocycles. The average molecular weight is 312 g/mol. The first-order chi connectivity index (χ1) is 10.8. The van der Waals surface area contributed by atoms with Crippen LogP contribution in [0.4, 0.5) is 0 Å². The minimum atomic E-state index is -1.10. The van der Waals surface area contributed by atoms with Gasteiger partial charge in [-0.05, 0) is 6.32 Å². The zero-order valence-corrected chi connectivity index (χ0v) is 15.2. The fourth-order valence-electron chi connectivity index (χ4n) is 3.05. The van der Waals surface area contributed by atoms with E-state index >= 15 is 0 Å². The molecule has 0 radical (unpaired) electrons. The van der Waals surface area contributed by atoms with E-state index in [1.54, 1.807) is 0 Å². The molecule has 2 nitrogen and oxygen atoms in total. The molecule has 2 N–H and O–H groups in total. The van der Waals surface area contributed by atoms with Crippen LogP contribution < -0.4 is 0 Å². The summed E-state index contributed by atoms with van der Waals surface area (Å²) in [6.07, 6.45) is 23.7. The van der Waals surface area contributed by atoms with Crippen molar-refractivity contribution in [3.8, 4) is 0 Å². The van der Waals surface area contributed by atoms with Crippen LogP contribution in [-0.2, 0) is 0 Å². The van der Waals surface area contributed by atoms with Crippen molar-refractivity contribution < 1.29 is 10.0 Å². The summed E-state index contributed by atoms with van der Waals surface area (Å²) in [7, 11) is -1.10. The van der Waals surface area contributed by atoms with E-state index in [0.717, 1.165) is 12.8 Å². The summed E-state index contributed by atoms with van der Waals surface area (Å²) in [5, 5.41) is 17.5. The second-order valence-corrected chi connectivity index (χ2v) is 6.93. The van der Waals surface area contributed by atoms with Gasteiger partial charge in [-0.3, -0.25) is 0 Å². The van der Waals surface area contributed by atoms with Crippen LogP contribution in [0.5, 0.6) is 0 Å². The van der Waals surface area contributed by atoms with E-state index in [1.807, 2.05) is 0 Å². The number of rotatable bonds is 18. The van der Waals surface area contributed by atoms with Crippen LogP contribution in [0, 0.1) is 0 Å². The molecule has 0 amide bonds. The molecule has 0 fully saturated rings. The monoisotopic (exact) mass is 312 g/mol. The van der Waals surface area contributed by atoms with E-state index in [4.69, 9.17) is 10.0 Å². The molecule has 0 bridgehead atoms. The molecule has 0 aliphatic heterocycles. The van der Waals surface area contributed by atoms with Crippen molar-refractivity contribution in [2.24, 2.45) is 0 Å². The highest BCUT2D eigenvalue weighted by atomic mass is 16.4. The molecule has 0 saturated heterocycles. The summed E-state index contributed by atoms with van der Waals surface area (Å²) < 4.78 is 0. The van der Waals surface area contributed by atoms with Gasteiger partial charge in [0.25, 0.3) is 0 Å². The summed E-state index contributed by atoms with van der Waals surface area (Å²) in [6.45, 7) is 2.28. The average Bonchev–Trinajstić information content (AvgIpc) is 2.50. The summed E-state index contributed by atoms with van der Waals surface area (Å²) in [5.74, 6) is 0. The summed E-state index contributed by atoms with van der Waals surface area (Å²) in [5.41, 5.74) is 0. The molecule has 0 aromatic rings. The Labute approximate surface area is 140 Å². The standard InChI is InChI=1S/C19H41BO2/c1-2-3-4-5-6-7-8-9-10-11-12-13-14-15-16-17-18-19-20(21)22/h21-22H,2-19H2,1H3. The lowest BCUT2D eigenvalue weighted by molar-refractivity contribution is 0.401. The maximum atomic E-state index is 8.73. The minimum absolute atomic E-state index is 0.540. The largest absolute Gasteiger partial charge is 0.451 e. The lowest BCUT2D eigenvalue weighted by Gasteiger charge is -2.03. The van der Waals surface area contributed by atoms with E-state index in [0.29, 0.717) is 6.32 Å². The topological polar surface area (TPSA) is 40.5 Å². The maximum absolute atomic E-state index is 8.73. The maximum Gasteiger partial charge on any atom is 0.451 e. The van der Waals surface area contributed by atoms with Crippen LogP contribution in [0.25, 0.3) is 0 Å². The molecule has 0 atom stereocenters. The molecule has 0 saturated carbocycles. The Kier molecular flexibility index (Phi) is 19.0. The molecule has 132 valence electrons. The molecule has 3 heteroatoms. The molecule has 0 spiro atoms. The Balaban J connectivity index is 2.94.